The predicted molar refractivity (Wildman–Crippen MR) is 86.9 cm³/mol. The first-order valence-electron chi connectivity index (χ1n) is 5.99. The van der Waals surface area contributed by atoms with Crippen LogP contribution < -0.4 is 0 Å². The van der Waals surface area contributed by atoms with E-state index in [2.05, 4.69) is 43.6 Å². The molecule has 0 aliphatic carbocycles. The smallest absolute Gasteiger partial charge is 0.163 e. The molecule has 0 aliphatic rings. The average molecular weight is 363 g/mol. The largest absolute Gasteiger partial charge is 0.217 e. The molecule has 3 nitrogen and oxygen atoms in total. The van der Waals surface area contributed by atoms with Gasteiger partial charge in [-0.25, -0.2) is 15.0 Å². The molecular formula is C15H14IN3. The maximum atomic E-state index is 4.52. The molecular weight excluding hydrogens is 349 g/mol. The molecule has 4 heteroatoms. The normalized spacial score (nSPS) is 12.0. The highest BCUT2D eigenvalue weighted by Gasteiger charge is 2.05. The zero-order valence-electron chi connectivity index (χ0n) is 10.6. The lowest BCUT2D eigenvalue weighted by atomic mass is 10.2. The molecule has 0 spiro atoms. The number of hydrogen-bond acceptors (Lipinski definition) is 3. The van der Waals surface area contributed by atoms with Crippen LogP contribution in [0.25, 0.3) is 17.0 Å². The van der Waals surface area contributed by atoms with E-state index in [1.54, 1.807) is 6.33 Å². The number of hydrogen-bond donors (Lipinski definition) is 0. The number of allylic oxidation sites excluding steroid dienone is 4. The van der Waals surface area contributed by atoms with Crippen LogP contribution in [0.4, 0.5) is 0 Å². The van der Waals surface area contributed by atoms with E-state index in [-0.39, 0.29) is 0 Å². The number of halogens is 1. The van der Waals surface area contributed by atoms with Crippen LogP contribution in [0.15, 0.2) is 54.9 Å². The maximum absolute atomic E-state index is 4.52. The quantitative estimate of drug-likeness (QED) is 0.469. The average Bonchev–Trinajstić information content (AvgIpc) is 2.49. The van der Waals surface area contributed by atoms with Crippen molar-refractivity contribution in [1.29, 1.82) is 0 Å². The van der Waals surface area contributed by atoms with Crippen molar-refractivity contribution >= 4 is 28.2 Å². The zero-order valence-corrected chi connectivity index (χ0v) is 12.8. The van der Waals surface area contributed by atoms with Crippen molar-refractivity contribution in [3.8, 4) is 11.4 Å². The summed E-state index contributed by atoms with van der Waals surface area (Å²) in [6, 6.07) is 9.92. The van der Waals surface area contributed by atoms with Crippen molar-refractivity contribution in [3.05, 3.63) is 60.7 Å². The molecule has 0 N–H and O–H groups in total. The number of nitrogens with zero attached hydrogens (tertiary/aromatic N) is 3. The SMILES string of the molecule is C/C=C(\C=C/CI)c1ncnc(-c2ccccc2)n1. The molecule has 1 aromatic heterocycles. The summed E-state index contributed by atoms with van der Waals surface area (Å²) in [7, 11) is 0. The van der Waals surface area contributed by atoms with E-state index in [1.165, 1.54) is 0 Å². The van der Waals surface area contributed by atoms with Gasteiger partial charge in [-0.2, -0.15) is 0 Å². The Kier molecular flexibility index (Phi) is 5.20. The van der Waals surface area contributed by atoms with Gasteiger partial charge >= 0.3 is 0 Å². The standard InChI is InChI=1S/C15H14IN3/c1-2-12(9-6-10-16)14-17-11-18-15(19-14)13-7-4-3-5-8-13/h2-9,11H,10H2,1H3/b9-6-,12-2+. The second-order valence-corrected chi connectivity index (χ2v) is 4.68. The molecule has 0 unspecified atom stereocenters. The molecule has 0 atom stereocenters. The third-order valence-corrected chi connectivity index (χ3v) is 3.07. The molecule has 1 heterocycles. The lowest BCUT2D eigenvalue weighted by Gasteiger charge is -2.03. The van der Waals surface area contributed by atoms with E-state index in [0.29, 0.717) is 11.6 Å². The highest BCUT2D eigenvalue weighted by molar-refractivity contribution is 14.1. The van der Waals surface area contributed by atoms with Gasteiger partial charge < -0.3 is 0 Å². The van der Waals surface area contributed by atoms with Crippen LogP contribution >= 0.6 is 22.6 Å². The van der Waals surface area contributed by atoms with Gasteiger partial charge in [0, 0.05) is 15.6 Å². The van der Waals surface area contributed by atoms with Crippen LogP contribution in [0.2, 0.25) is 0 Å². The fourth-order valence-corrected chi connectivity index (χ4v) is 1.89. The summed E-state index contributed by atoms with van der Waals surface area (Å²) in [4.78, 5) is 13.0. The van der Waals surface area contributed by atoms with E-state index in [0.717, 1.165) is 15.6 Å². The number of aromatic nitrogens is 3. The summed E-state index contributed by atoms with van der Waals surface area (Å²) >= 11 is 2.31. The molecule has 0 saturated carbocycles. The Hall–Kier alpha value is -1.56. The minimum atomic E-state index is 0.702. The monoisotopic (exact) mass is 363 g/mol. The highest BCUT2D eigenvalue weighted by Crippen LogP contribution is 2.16. The van der Waals surface area contributed by atoms with Crippen LogP contribution in [-0.4, -0.2) is 19.4 Å². The molecule has 96 valence electrons. The molecule has 2 aromatic rings. The van der Waals surface area contributed by atoms with Gasteiger partial charge in [-0.3, -0.25) is 0 Å². The van der Waals surface area contributed by atoms with Gasteiger partial charge in [0.15, 0.2) is 11.6 Å². The first-order chi connectivity index (χ1) is 9.35. The third kappa shape index (κ3) is 3.70. The van der Waals surface area contributed by atoms with Crippen molar-refractivity contribution in [2.75, 3.05) is 4.43 Å². The summed E-state index contributed by atoms with van der Waals surface area (Å²) in [5.74, 6) is 1.41. The Bertz CT molecular complexity index is 591. The zero-order chi connectivity index (χ0) is 13.5. The minimum absolute atomic E-state index is 0.702. The lowest BCUT2D eigenvalue weighted by molar-refractivity contribution is 1.03. The van der Waals surface area contributed by atoms with Crippen molar-refractivity contribution in [1.82, 2.24) is 15.0 Å². The Balaban J connectivity index is 2.37. The van der Waals surface area contributed by atoms with Crippen LogP contribution in [0.3, 0.4) is 0 Å². The van der Waals surface area contributed by atoms with Gasteiger partial charge in [0.25, 0.3) is 0 Å². The fourth-order valence-electron chi connectivity index (χ4n) is 1.63. The molecule has 0 aliphatic heterocycles. The van der Waals surface area contributed by atoms with E-state index in [1.807, 2.05) is 49.4 Å². The highest BCUT2D eigenvalue weighted by atomic mass is 127. The Labute approximate surface area is 126 Å². The number of alkyl halides is 1. The van der Waals surface area contributed by atoms with Crippen molar-refractivity contribution in [2.45, 2.75) is 6.92 Å². The van der Waals surface area contributed by atoms with Gasteiger partial charge in [0.2, 0.25) is 0 Å². The molecule has 1 aromatic carbocycles. The molecule has 0 fully saturated rings. The van der Waals surface area contributed by atoms with Crippen LogP contribution in [0.5, 0.6) is 0 Å². The topological polar surface area (TPSA) is 38.7 Å². The lowest BCUT2D eigenvalue weighted by Crippen LogP contribution is -1.97. The maximum Gasteiger partial charge on any atom is 0.163 e. The predicted octanol–water partition coefficient (Wildman–Crippen LogP) is 3.93. The Morgan fingerprint density at radius 3 is 2.68 bits per heavy atom. The van der Waals surface area contributed by atoms with Crippen molar-refractivity contribution in [2.24, 2.45) is 0 Å². The Morgan fingerprint density at radius 2 is 2.00 bits per heavy atom. The van der Waals surface area contributed by atoms with Crippen LogP contribution in [0.1, 0.15) is 12.7 Å². The second kappa shape index (κ2) is 7.13. The number of benzene rings is 1. The minimum Gasteiger partial charge on any atom is -0.217 e. The molecule has 19 heavy (non-hydrogen) atoms. The molecule has 2 rings (SSSR count). The Morgan fingerprint density at radius 1 is 1.21 bits per heavy atom. The summed E-state index contributed by atoms with van der Waals surface area (Å²) in [6.07, 6.45) is 7.69. The van der Waals surface area contributed by atoms with Gasteiger partial charge in [0.05, 0.1) is 0 Å². The van der Waals surface area contributed by atoms with Gasteiger partial charge in [-0.1, -0.05) is 71.2 Å². The van der Waals surface area contributed by atoms with E-state index in [4.69, 9.17) is 0 Å². The number of rotatable bonds is 4. The van der Waals surface area contributed by atoms with Crippen LogP contribution in [-0.2, 0) is 0 Å². The molecule has 0 saturated heterocycles. The summed E-state index contributed by atoms with van der Waals surface area (Å²) < 4.78 is 0.964. The van der Waals surface area contributed by atoms with Crippen LogP contribution in [0, 0.1) is 0 Å². The van der Waals surface area contributed by atoms with E-state index in [9.17, 15) is 0 Å². The second-order valence-electron chi connectivity index (χ2n) is 3.80. The molecule has 0 amide bonds. The summed E-state index contributed by atoms with van der Waals surface area (Å²) in [5, 5.41) is 0. The summed E-state index contributed by atoms with van der Waals surface area (Å²) in [5.41, 5.74) is 2.01. The van der Waals surface area contributed by atoms with Gasteiger partial charge in [-0.15, -0.1) is 0 Å². The van der Waals surface area contributed by atoms with Crippen molar-refractivity contribution in [3.63, 3.8) is 0 Å². The molecule has 0 bridgehead atoms. The summed E-state index contributed by atoms with van der Waals surface area (Å²) in [6.45, 7) is 1.98. The third-order valence-electron chi connectivity index (χ3n) is 2.56. The van der Waals surface area contributed by atoms with Gasteiger partial charge in [0.1, 0.15) is 6.33 Å². The van der Waals surface area contributed by atoms with Gasteiger partial charge in [-0.05, 0) is 6.92 Å². The van der Waals surface area contributed by atoms with E-state index < -0.39 is 0 Å². The molecule has 0 radical (unpaired) electrons. The van der Waals surface area contributed by atoms with Crippen molar-refractivity contribution < 1.29 is 0 Å². The van der Waals surface area contributed by atoms with E-state index >= 15 is 0 Å². The fraction of sp³-hybridized carbons (Fsp3) is 0.133. The first-order valence-corrected chi connectivity index (χ1v) is 7.51. The first kappa shape index (κ1) is 13.9.